The second kappa shape index (κ2) is 11.3. The molecule has 0 saturated carbocycles. The van der Waals surface area contributed by atoms with Crippen molar-refractivity contribution >= 4 is 29.4 Å². The van der Waals surface area contributed by atoms with Gasteiger partial charge in [0.1, 0.15) is 12.4 Å². The summed E-state index contributed by atoms with van der Waals surface area (Å²) in [5, 5.41) is 0. The first kappa shape index (κ1) is 26.6. The van der Waals surface area contributed by atoms with Crippen LogP contribution in [0.15, 0.2) is 76.2 Å². The molecule has 196 valence electrons. The van der Waals surface area contributed by atoms with Crippen LogP contribution in [-0.2, 0) is 14.3 Å². The maximum absolute atomic E-state index is 13.7. The van der Waals surface area contributed by atoms with E-state index in [0.717, 1.165) is 5.56 Å². The van der Waals surface area contributed by atoms with Gasteiger partial charge in [-0.05, 0) is 48.4 Å². The van der Waals surface area contributed by atoms with Crippen LogP contribution < -0.4 is 29.1 Å². The summed E-state index contributed by atoms with van der Waals surface area (Å²) in [6, 6.07) is 11.3. The third-order valence-corrected chi connectivity index (χ3v) is 6.71. The fraction of sp³-hybridized carbons (Fsp3) is 0.214. The topological polar surface area (TPSA) is 105 Å². The Labute approximate surface area is 222 Å². The number of rotatable bonds is 8. The van der Waals surface area contributed by atoms with Crippen LogP contribution in [0.4, 0.5) is 0 Å². The normalized spacial score (nSPS) is 14.8. The second-order valence-electron chi connectivity index (χ2n) is 8.25. The quantitative estimate of drug-likeness (QED) is 0.249. The number of thiazole rings is 1. The molecule has 9 nitrogen and oxygen atoms in total. The van der Waals surface area contributed by atoms with Crippen LogP contribution in [0, 0.1) is 0 Å². The molecule has 1 aliphatic rings. The number of hydrogen-bond donors (Lipinski definition) is 0. The van der Waals surface area contributed by atoms with Gasteiger partial charge >= 0.3 is 11.9 Å². The molecule has 1 unspecified atom stereocenters. The molecule has 2 heterocycles. The molecule has 0 aliphatic carbocycles. The fourth-order valence-corrected chi connectivity index (χ4v) is 5.11. The Balaban J connectivity index is 1.87. The molecule has 0 N–H and O–H groups in total. The van der Waals surface area contributed by atoms with Gasteiger partial charge in [-0.2, -0.15) is 0 Å². The van der Waals surface area contributed by atoms with Gasteiger partial charge in [0.2, 0.25) is 0 Å². The zero-order valence-corrected chi connectivity index (χ0v) is 22.2. The minimum atomic E-state index is -0.837. The van der Waals surface area contributed by atoms with Gasteiger partial charge in [0, 0.05) is 6.92 Å². The molecule has 0 fully saturated rings. The SMILES string of the molecule is C=CCOc1ccc(/C=c2\sc3n(c2=O)C(c2ccc(OC(C)=O)c(OC)c2)C(C(=O)OC)=C(C)N=3)cc1. The molecule has 1 aromatic heterocycles. The van der Waals surface area contributed by atoms with Crippen LogP contribution in [0.1, 0.15) is 31.0 Å². The number of fused-ring (bicyclic) bond motifs is 1. The number of methoxy groups -OCH3 is 2. The number of carbonyl (C=O) groups is 2. The molecule has 0 spiro atoms. The standard InChI is InChI=1S/C28H26N2O7S/c1-6-13-36-20-10-7-18(8-11-20)14-23-26(32)30-25(24(27(33)35-5)16(2)29-28(30)38-23)19-9-12-21(37-17(3)31)22(15-19)34-4/h6-12,14-15,25H,1,13H2,2-5H3/b23-14-. The minimum absolute atomic E-state index is 0.219. The predicted octanol–water partition coefficient (Wildman–Crippen LogP) is 2.91. The molecule has 38 heavy (non-hydrogen) atoms. The van der Waals surface area contributed by atoms with Gasteiger partial charge < -0.3 is 18.9 Å². The largest absolute Gasteiger partial charge is 0.493 e. The van der Waals surface area contributed by atoms with Crippen molar-refractivity contribution in [3.8, 4) is 17.2 Å². The van der Waals surface area contributed by atoms with Crippen molar-refractivity contribution in [3.63, 3.8) is 0 Å². The lowest BCUT2D eigenvalue weighted by Gasteiger charge is -2.25. The van der Waals surface area contributed by atoms with Crippen molar-refractivity contribution in [1.82, 2.24) is 4.57 Å². The smallest absolute Gasteiger partial charge is 0.338 e. The third kappa shape index (κ3) is 5.30. The van der Waals surface area contributed by atoms with E-state index in [1.165, 1.54) is 37.0 Å². The van der Waals surface area contributed by atoms with Crippen molar-refractivity contribution in [1.29, 1.82) is 0 Å². The van der Waals surface area contributed by atoms with E-state index in [4.69, 9.17) is 18.9 Å². The summed E-state index contributed by atoms with van der Waals surface area (Å²) in [4.78, 5) is 43.1. The number of allylic oxidation sites excluding steroid dienone is 1. The van der Waals surface area contributed by atoms with Crippen molar-refractivity contribution in [3.05, 3.63) is 97.2 Å². The molecule has 10 heteroatoms. The molecule has 4 rings (SSSR count). The molecule has 3 aromatic rings. The molecule has 2 aromatic carbocycles. The Kier molecular flexibility index (Phi) is 7.92. The van der Waals surface area contributed by atoms with Crippen LogP contribution in [0.3, 0.4) is 0 Å². The summed E-state index contributed by atoms with van der Waals surface area (Å²) in [5.41, 5.74) is 1.69. The summed E-state index contributed by atoms with van der Waals surface area (Å²) < 4.78 is 23.1. The van der Waals surface area contributed by atoms with Crippen LogP contribution in [0.25, 0.3) is 6.08 Å². The predicted molar refractivity (Wildman–Crippen MR) is 142 cm³/mol. The van der Waals surface area contributed by atoms with Gasteiger partial charge in [0.05, 0.1) is 36.1 Å². The lowest BCUT2D eigenvalue weighted by Crippen LogP contribution is -2.39. The number of ether oxygens (including phenoxy) is 4. The maximum atomic E-state index is 13.7. The van der Waals surface area contributed by atoms with Gasteiger partial charge in [-0.1, -0.05) is 42.2 Å². The van der Waals surface area contributed by atoms with E-state index in [1.54, 1.807) is 37.3 Å². The molecule has 0 amide bonds. The summed E-state index contributed by atoms with van der Waals surface area (Å²) in [7, 11) is 2.71. The average Bonchev–Trinajstić information content (AvgIpc) is 3.21. The van der Waals surface area contributed by atoms with E-state index in [2.05, 4.69) is 11.6 Å². The number of carbonyl (C=O) groups excluding carboxylic acids is 2. The van der Waals surface area contributed by atoms with Crippen LogP contribution in [0.2, 0.25) is 0 Å². The second-order valence-corrected chi connectivity index (χ2v) is 9.26. The Morgan fingerprint density at radius 2 is 1.87 bits per heavy atom. The molecule has 1 aliphatic heterocycles. The van der Waals surface area contributed by atoms with Gasteiger partial charge in [-0.15, -0.1) is 0 Å². The van der Waals surface area contributed by atoms with Crippen LogP contribution >= 0.6 is 11.3 Å². The highest BCUT2D eigenvalue weighted by atomic mass is 32.1. The zero-order valence-electron chi connectivity index (χ0n) is 21.3. The Hall–Kier alpha value is -4.44. The number of aromatic nitrogens is 1. The van der Waals surface area contributed by atoms with E-state index in [-0.39, 0.29) is 22.6 Å². The summed E-state index contributed by atoms with van der Waals surface area (Å²) >= 11 is 1.22. The fourth-order valence-electron chi connectivity index (χ4n) is 4.07. The number of esters is 2. The summed E-state index contributed by atoms with van der Waals surface area (Å²) in [6.45, 7) is 7.01. The molecular formula is C28H26N2O7S. The highest BCUT2D eigenvalue weighted by molar-refractivity contribution is 7.07. The van der Waals surface area contributed by atoms with Crippen molar-refractivity contribution in [2.24, 2.45) is 4.99 Å². The van der Waals surface area contributed by atoms with E-state index in [9.17, 15) is 14.4 Å². The molecule has 1 atom stereocenters. The van der Waals surface area contributed by atoms with Crippen LogP contribution in [0.5, 0.6) is 17.2 Å². The van der Waals surface area contributed by atoms with Gasteiger partial charge in [-0.25, -0.2) is 9.79 Å². The number of benzene rings is 2. The number of hydrogen-bond acceptors (Lipinski definition) is 9. The third-order valence-electron chi connectivity index (χ3n) is 5.73. The van der Waals surface area contributed by atoms with Crippen molar-refractivity contribution < 1.29 is 28.5 Å². The van der Waals surface area contributed by atoms with Crippen molar-refractivity contribution in [2.45, 2.75) is 19.9 Å². The van der Waals surface area contributed by atoms with Crippen LogP contribution in [-0.4, -0.2) is 37.3 Å². The Morgan fingerprint density at radius 3 is 2.50 bits per heavy atom. The lowest BCUT2D eigenvalue weighted by molar-refractivity contribution is -0.136. The van der Waals surface area contributed by atoms with Gasteiger partial charge in [-0.3, -0.25) is 14.2 Å². The summed E-state index contributed by atoms with van der Waals surface area (Å²) in [5.74, 6) is 0.0708. The van der Waals surface area contributed by atoms with Gasteiger partial charge in [0.25, 0.3) is 5.56 Å². The first-order valence-electron chi connectivity index (χ1n) is 11.6. The van der Waals surface area contributed by atoms with E-state index in [0.29, 0.717) is 33.0 Å². The Bertz CT molecular complexity index is 1610. The van der Waals surface area contributed by atoms with Gasteiger partial charge in [0.15, 0.2) is 16.3 Å². The molecule has 0 bridgehead atoms. The first-order chi connectivity index (χ1) is 18.3. The van der Waals surface area contributed by atoms with Crippen molar-refractivity contribution in [2.75, 3.05) is 20.8 Å². The Morgan fingerprint density at radius 1 is 1.13 bits per heavy atom. The number of nitrogens with zero attached hydrogens (tertiary/aromatic N) is 2. The highest BCUT2D eigenvalue weighted by Crippen LogP contribution is 2.36. The molecule has 0 radical (unpaired) electrons. The van der Waals surface area contributed by atoms with E-state index < -0.39 is 18.0 Å². The first-order valence-corrected chi connectivity index (χ1v) is 12.4. The van der Waals surface area contributed by atoms with E-state index >= 15 is 0 Å². The highest BCUT2D eigenvalue weighted by Gasteiger charge is 2.33. The van der Waals surface area contributed by atoms with E-state index in [1.807, 2.05) is 24.3 Å². The lowest BCUT2D eigenvalue weighted by atomic mass is 9.95. The maximum Gasteiger partial charge on any atom is 0.338 e. The monoisotopic (exact) mass is 534 g/mol. The molecule has 0 saturated heterocycles. The zero-order chi connectivity index (χ0) is 27.4. The summed E-state index contributed by atoms with van der Waals surface area (Å²) in [6.07, 6.45) is 3.43. The molecular weight excluding hydrogens is 508 g/mol. The minimum Gasteiger partial charge on any atom is -0.493 e. The average molecular weight is 535 g/mol.